The smallest absolute Gasteiger partial charge is 0.414 e. The molecule has 1 unspecified atom stereocenters. The predicted octanol–water partition coefficient (Wildman–Crippen LogP) is 0.223. The summed E-state index contributed by atoms with van der Waals surface area (Å²) in [6, 6.07) is 6.87. The minimum atomic E-state index is -1.23. The molecule has 0 aliphatic carbocycles. The largest absolute Gasteiger partial charge is 0.443 e. The van der Waals surface area contributed by atoms with Gasteiger partial charge in [0.25, 0.3) is 12.2 Å². The van der Waals surface area contributed by atoms with Crippen LogP contribution in [0.3, 0.4) is 0 Å². The number of anilines is 2. The zero-order valence-electron chi connectivity index (χ0n) is 13.7. The van der Waals surface area contributed by atoms with Crippen LogP contribution in [0.1, 0.15) is 6.92 Å². The summed E-state index contributed by atoms with van der Waals surface area (Å²) < 4.78 is 15.2. The fraction of sp³-hybridized carbons (Fsp3) is 0.438. The van der Waals surface area contributed by atoms with Crippen LogP contribution in [0.5, 0.6) is 0 Å². The fourth-order valence-corrected chi connectivity index (χ4v) is 2.72. The quantitative estimate of drug-likeness (QED) is 0.774. The third-order valence-electron chi connectivity index (χ3n) is 3.93. The zero-order valence-corrected chi connectivity index (χ0v) is 13.7. The Bertz CT molecular complexity index is 677. The molecule has 1 aromatic rings. The van der Waals surface area contributed by atoms with Gasteiger partial charge in [-0.25, -0.2) is 4.79 Å². The van der Waals surface area contributed by atoms with E-state index in [0.717, 1.165) is 0 Å². The van der Waals surface area contributed by atoms with Crippen molar-refractivity contribution in [1.82, 2.24) is 0 Å². The van der Waals surface area contributed by atoms with Crippen LogP contribution in [-0.4, -0.2) is 56.6 Å². The molecule has 1 aromatic carbocycles. The third-order valence-corrected chi connectivity index (χ3v) is 3.93. The van der Waals surface area contributed by atoms with Crippen molar-refractivity contribution in [2.24, 2.45) is 5.73 Å². The molecule has 0 bridgehead atoms. The minimum Gasteiger partial charge on any atom is -0.443 e. The van der Waals surface area contributed by atoms with Crippen LogP contribution in [0.4, 0.5) is 16.2 Å². The van der Waals surface area contributed by atoms with Gasteiger partial charge >= 0.3 is 12.1 Å². The molecular weight excluding hydrogens is 330 g/mol. The molecule has 2 fully saturated rings. The number of benzene rings is 1. The van der Waals surface area contributed by atoms with Crippen molar-refractivity contribution in [2.45, 2.75) is 19.3 Å². The molecule has 9 heteroatoms. The Morgan fingerprint density at radius 1 is 1.24 bits per heavy atom. The van der Waals surface area contributed by atoms with E-state index in [4.69, 9.17) is 19.9 Å². The van der Waals surface area contributed by atoms with Crippen molar-refractivity contribution < 1.29 is 28.6 Å². The summed E-state index contributed by atoms with van der Waals surface area (Å²) in [4.78, 5) is 38.2. The molecule has 0 saturated carbocycles. The van der Waals surface area contributed by atoms with Gasteiger partial charge in [-0.2, -0.15) is 0 Å². The molecule has 2 amide bonds. The van der Waals surface area contributed by atoms with Gasteiger partial charge in [0, 0.05) is 31.4 Å². The van der Waals surface area contributed by atoms with Gasteiger partial charge in [-0.3, -0.25) is 14.5 Å². The van der Waals surface area contributed by atoms with Crippen LogP contribution in [0, 0.1) is 0 Å². The van der Waals surface area contributed by atoms with Crippen molar-refractivity contribution in [3.05, 3.63) is 24.3 Å². The maximum atomic E-state index is 12.4. The second-order valence-corrected chi connectivity index (χ2v) is 5.67. The standard InChI is InChI=1S/C16H19N3O6/c1-10(20)24-15-14(21)18(6-7-23-15)11-2-4-12(5-3-11)19-9-13(8-17)25-16(19)22/h2-5,13,15H,6-9,17H2,1H3/t13-,15?/m0/s1. The zero-order chi connectivity index (χ0) is 18.0. The summed E-state index contributed by atoms with van der Waals surface area (Å²) in [5.41, 5.74) is 6.80. The van der Waals surface area contributed by atoms with Gasteiger partial charge in [0.15, 0.2) is 0 Å². The molecule has 134 valence electrons. The molecule has 2 atom stereocenters. The van der Waals surface area contributed by atoms with E-state index >= 15 is 0 Å². The van der Waals surface area contributed by atoms with Crippen LogP contribution in [0.25, 0.3) is 0 Å². The first kappa shape index (κ1) is 17.2. The molecule has 2 aliphatic heterocycles. The van der Waals surface area contributed by atoms with Crippen LogP contribution in [-0.2, 0) is 23.8 Å². The van der Waals surface area contributed by atoms with E-state index in [0.29, 0.717) is 24.5 Å². The molecule has 2 aliphatic rings. The third kappa shape index (κ3) is 3.57. The van der Waals surface area contributed by atoms with E-state index in [1.54, 1.807) is 24.3 Å². The second-order valence-electron chi connectivity index (χ2n) is 5.67. The van der Waals surface area contributed by atoms with Gasteiger partial charge in [0.2, 0.25) is 0 Å². The predicted molar refractivity (Wildman–Crippen MR) is 87.0 cm³/mol. The first-order chi connectivity index (χ1) is 12.0. The normalized spacial score (nSPS) is 23.6. The number of carbonyl (C=O) groups excluding carboxylic acids is 3. The number of nitrogens with two attached hydrogens (primary N) is 1. The van der Waals surface area contributed by atoms with Gasteiger partial charge in [-0.1, -0.05) is 0 Å². The number of hydrogen-bond acceptors (Lipinski definition) is 7. The van der Waals surface area contributed by atoms with Crippen LogP contribution < -0.4 is 15.5 Å². The van der Waals surface area contributed by atoms with E-state index in [1.165, 1.54) is 16.7 Å². The Balaban J connectivity index is 1.73. The lowest BCUT2D eigenvalue weighted by Gasteiger charge is -2.31. The van der Waals surface area contributed by atoms with Gasteiger partial charge in [0.1, 0.15) is 6.10 Å². The lowest BCUT2D eigenvalue weighted by Crippen LogP contribution is -2.49. The molecule has 0 spiro atoms. The maximum absolute atomic E-state index is 12.4. The van der Waals surface area contributed by atoms with Crippen molar-refractivity contribution in [1.29, 1.82) is 0 Å². The summed E-state index contributed by atoms with van der Waals surface area (Å²) in [6.45, 7) is 2.47. The molecule has 0 radical (unpaired) electrons. The van der Waals surface area contributed by atoms with E-state index in [-0.39, 0.29) is 19.3 Å². The number of esters is 1. The van der Waals surface area contributed by atoms with Crippen LogP contribution >= 0.6 is 0 Å². The van der Waals surface area contributed by atoms with E-state index in [2.05, 4.69) is 0 Å². The molecule has 2 heterocycles. The summed E-state index contributed by atoms with van der Waals surface area (Å²) >= 11 is 0. The highest BCUT2D eigenvalue weighted by Crippen LogP contribution is 2.26. The van der Waals surface area contributed by atoms with Crippen LogP contribution in [0.15, 0.2) is 24.3 Å². The number of carbonyl (C=O) groups is 3. The lowest BCUT2D eigenvalue weighted by molar-refractivity contribution is -0.187. The Morgan fingerprint density at radius 2 is 1.88 bits per heavy atom. The number of morpholine rings is 1. The van der Waals surface area contributed by atoms with Crippen molar-refractivity contribution in [3.8, 4) is 0 Å². The Labute approximate surface area is 144 Å². The van der Waals surface area contributed by atoms with E-state index < -0.39 is 24.3 Å². The SMILES string of the molecule is CC(=O)OC1OCCN(c2ccc(N3C[C@H](CN)OC3=O)cc2)C1=O. The maximum Gasteiger partial charge on any atom is 0.414 e. The molecule has 25 heavy (non-hydrogen) atoms. The monoisotopic (exact) mass is 349 g/mol. The van der Waals surface area contributed by atoms with Crippen molar-refractivity contribution in [2.75, 3.05) is 36.0 Å². The molecule has 9 nitrogen and oxygen atoms in total. The van der Waals surface area contributed by atoms with Gasteiger partial charge in [-0.15, -0.1) is 0 Å². The Morgan fingerprint density at radius 3 is 2.44 bits per heavy atom. The van der Waals surface area contributed by atoms with E-state index in [1.807, 2.05) is 0 Å². The van der Waals surface area contributed by atoms with E-state index in [9.17, 15) is 14.4 Å². The number of ether oxygens (including phenoxy) is 3. The average molecular weight is 349 g/mol. The molecule has 0 aromatic heterocycles. The summed E-state index contributed by atoms with van der Waals surface area (Å²) in [7, 11) is 0. The highest BCUT2D eigenvalue weighted by Gasteiger charge is 2.34. The van der Waals surface area contributed by atoms with Gasteiger partial charge in [0.05, 0.1) is 13.2 Å². The first-order valence-electron chi connectivity index (χ1n) is 7.88. The number of nitrogens with zero attached hydrogens (tertiary/aromatic N) is 2. The van der Waals surface area contributed by atoms with Crippen molar-refractivity contribution >= 4 is 29.3 Å². The molecular formula is C16H19N3O6. The topological polar surface area (TPSA) is 111 Å². The lowest BCUT2D eigenvalue weighted by atomic mass is 10.2. The minimum absolute atomic E-state index is 0.252. The molecule has 2 saturated heterocycles. The number of cyclic esters (lactones) is 1. The first-order valence-corrected chi connectivity index (χ1v) is 7.88. The summed E-state index contributed by atoms with van der Waals surface area (Å²) in [5, 5.41) is 0. The fourth-order valence-electron chi connectivity index (χ4n) is 2.72. The van der Waals surface area contributed by atoms with Crippen molar-refractivity contribution in [3.63, 3.8) is 0 Å². The molecule has 2 N–H and O–H groups in total. The molecule has 3 rings (SSSR count). The van der Waals surface area contributed by atoms with Crippen LogP contribution in [0.2, 0.25) is 0 Å². The second kappa shape index (κ2) is 7.08. The average Bonchev–Trinajstić information content (AvgIpc) is 2.98. The Hall–Kier alpha value is -2.65. The van der Waals surface area contributed by atoms with Gasteiger partial charge < -0.3 is 24.8 Å². The highest BCUT2D eigenvalue weighted by atomic mass is 16.7. The summed E-state index contributed by atoms with van der Waals surface area (Å²) in [5.74, 6) is -1.03. The van der Waals surface area contributed by atoms with Gasteiger partial charge in [-0.05, 0) is 24.3 Å². The number of rotatable bonds is 4. The highest BCUT2D eigenvalue weighted by molar-refractivity contribution is 5.97. The number of amides is 2. The Kier molecular flexibility index (Phi) is 4.86. The summed E-state index contributed by atoms with van der Waals surface area (Å²) in [6.07, 6.45) is -2.00. The number of hydrogen-bond donors (Lipinski definition) is 1.